The van der Waals surface area contributed by atoms with Crippen LogP contribution in [0, 0.1) is 6.92 Å². The van der Waals surface area contributed by atoms with Crippen LogP contribution in [0.4, 0.5) is 10.6 Å². The lowest BCUT2D eigenvalue weighted by Gasteiger charge is -2.22. The van der Waals surface area contributed by atoms with E-state index in [1.165, 1.54) is 36.5 Å². The van der Waals surface area contributed by atoms with Gasteiger partial charge in [0.25, 0.3) is 5.56 Å². The summed E-state index contributed by atoms with van der Waals surface area (Å²) in [6.45, 7) is 1.80. The number of hydrogen-bond acceptors (Lipinski definition) is 5. The van der Waals surface area contributed by atoms with Crippen molar-refractivity contribution < 1.29 is 13.2 Å². The summed E-state index contributed by atoms with van der Waals surface area (Å²) in [5, 5.41) is 10.9. The Labute approximate surface area is 233 Å². The van der Waals surface area contributed by atoms with Gasteiger partial charge in [-0.2, -0.15) is 5.10 Å². The largest absolute Gasteiger partial charge is 0.334 e. The molecule has 0 aliphatic heterocycles. The van der Waals surface area contributed by atoms with Crippen LogP contribution in [0.3, 0.4) is 0 Å². The third-order valence-electron chi connectivity index (χ3n) is 7.40. The summed E-state index contributed by atoms with van der Waals surface area (Å²) in [5.74, 6) is 0.681. The highest BCUT2D eigenvalue weighted by atomic mass is 32.2. The zero-order valence-corrected chi connectivity index (χ0v) is 23.4. The lowest BCUT2D eigenvalue weighted by molar-refractivity contribution is 0.247. The second-order valence-corrected chi connectivity index (χ2v) is 11.8. The Morgan fingerprint density at radius 3 is 2.38 bits per heavy atom. The van der Waals surface area contributed by atoms with E-state index in [4.69, 9.17) is 5.10 Å². The molecule has 2 aromatic heterocycles. The molecule has 1 aliphatic rings. The fourth-order valence-corrected chi connectivity index (χ4v) is 6.21. The van der Waals surface area contributed by atoms with Crippen molar-refractivity contribution in [3.8, 4) is 16.9 Å². The molecular formula is C29H32N6O4S. The number of urea groups is 1. The first-order chi connectivity index (χ1) is 19.2. The molecule has 11 heteroatoms. The van der Waals surface area contributed by atoms with Gasteiger partial charge in [-0.3, -0.25) is 10.1 Å². The molecule has 1 fully saturated rings. The van der Waals surface area contributed by atoms with Gasteiger partial charge in [0, 0.05) is 36.3 Å². The average molecular weight is 561 g/mol. The summed E-state index contributed by atoms with van der Waals surface area (Å²) in [6, 6.07) is 20.5. The lowest BCUT2D eigenvalue weighted by Crippen LogP contribution is -2.39. The Morgan fingerprint density at radius 2 is 1.70 bits per heavy atom. The van der Waals surface area contributed by atoms with Crippen molar-refractivity contribution in [3.63, 3.8) is 0 Å². The molecule has 4 aromatic rings. The molecule has 5 rings (SSSR count). The molecule has 1 aliphatic carbocycles. The first kappa shape index (κ1) is 27.4. The molecule has 2 amide bonds. The van der Waals surface area contributed by atoms with Crippen LogP contribution in [0.15, 0.2) is 82.6 Å². The number of para-hydroxylation sites is 1. The van der Waals surface area contributed by atoms with E-state index in [1.807, 2.05) is 48.5 Å². The van der Waals surface area contributed by atoms with E-state index in [0.717, 1.165) is 19.3 Å². The number of aryl methyl sites for hydroxylation is 1. The van der Waals surface area contributed by atoms with Gasteiger partial charge in [-0.25, -0.2) is 22.6 Å². The normalized spacial score (nSPS) is 17.1. The van der Waals surface area contributed by atoms with Crippen molar-refractivity contribution in [1.29, 1.82) is 0 Å². The van der Waals surface area contributed by atoms with Gasteiger partial charge in [0.1, 0.15) is 10.7 Å². The number of nitrogens with one attached hydrogen (secondary N) is 3. The highest BCUT2D eigenvalue weighted by Gasteiger charge is 2.30. The van der Waals surface area contributed by atoms with E-state index >= 15 is 0 Å². The minimum Gasteiger partial charge on any atom is -0.334 e. The van der Waals surface area contributed by atoms with Crippen LogP contribution in [-0.4, -0.2) is 41.9 Å². The average Bonchev–Trinajstić information content (AvgIpc) is 3.55. The van der Waals surface area contributed by atoms with E-state index in [2.05, 4.69) is 27.5 Å². The Hall–Kier alpha value is -4.22. The zero-order valence-electron chi connectivity index (χ0n) is 22.6. The molecule has 208 valence electrons. The number of rotatable bonds is 7. The number of pyridine rings is 1. The number of amides is 2. The monoisotopic (exact) mass is 560 g/mol. The van der Waals surface area contributed by atoms with Gasteiger partial charge in [-0.05, 0) is 50.6 Å². The number of carbonyl (C=O) groups is 1. The highest BCUT2D eigenvalue weighted by molar-refractivity contribution is 7.89. The summed E-state index contributed by atoms with van der Waals surface area (Å²) in [6.07, 6.45) is 4.45. The number of benzene rings is 2. The van der Waals surface area contributed by atoms with Crippen molar-refractivity contribution >= 4 is 21.9 Å². The van der Waals surface area contributed by atoms with Crippen molar-refractivity contribution in [3.05, 3.63) is 94.4 Å². The van der Waals surface area contributed by atoms with Gasteiger partial charge < -0.3 is 9.88 Å². The molecule has 3 N–H and O–H groups in total. The maximum absolute atomic E-state index is 13.4. The molecule has 0 unspecified atom stereocenters. The molecule has 2 aromatic carbocycles. The fourth-order valence-electron chi connectivity index (χ4n) is 5.33. The molecule has 0 radical (unpaired) electrons. The fraction of sp³-hybridized carbons (Fsp3) is 0.276. The molecule has 0 saturated heterocycles. The van der Waals surface area contributed by atoms with E-state index in [0.29, 0.717) is 28.3 Å². The van der Waals surface area contributed by atoms with Gasteiger partial charge in [0.2, 0.25) is 10.0 Å². The topological polar surface area (TPSA) is 127 Å². The minimum absolute atomic E-state index is 0.00627. The first-order valence-corrected chi connectivity index (χ1v) is 14.6. The molecule has 0 spiro atoms. The molecule has 0 bridgehead atoms. The second-order valence-electron chi connectivity index (χ2n) is 9.94. The summed E-state index contributed by atoms with van der Waals surface area (Å²) in [7, 11) is -1.27. The molecular weight excluding hydrogens is 528 g/mol. The van der Waals surface area contributed by atoms with Crippen molar-refractivity contribution in [1.82, 2.24) is 24.4 Å². The molecule has 2 heterocycles. The van der Waals surface area contributed by atoms with Crippen LogP contribution in [0.1, 0.15) is 36.3 Å². The minimum atomic E-state index is -4.01. The van der Waals surface area contributed by atoms with E-state index in [-0.39, 0.29) is 22.9 Å². The second kappa shape index (κ2) is 11.1. The zero-order chi connectivity index (χ0) is 28.4. The van der Waals surface area contributed by atoms with Crippen LogP contribution in [0.2, 0.25) is 0 Å². The van der Waals surface area contributed by atoms with Crippen molar-refractivity contribution in [2.24, 2.45) is 7.05 Å². The maximum atomic E-state index is 13.4. The Bertz CT molecular complexity index is 1700. The predicted molar refractivity (Wildman–Crippen MR) is 154 cm³/mol. The number of nitrogens with zero attached hydrogens (tertiary/aromatic N) is 3. The molecule has 1 saturated carbocycles. The highest BCUT2D eigenvalue weighted by Crippen LogP contribution is 2.35. The van der Waals surface area contributed by atoms with Gasteiger partial charge in [-0.15, -0.1) is 0 Å². The predicted octanol–water partition coefficient (Wildman–Crippen LogP) is 3.91. The van der Waals surface area contributed by atoms with Gasteiger partial charge >= 0.3 is 6.03 Å². The number of carbonyl (C=O) groups excluding carboxylic acids is 1. The summed E-state index contributed by atoms with van der Waals surface area (Å²) >= 11 is 0. The SMILES string of the molecule is CNS(=O)(=O)c1cc(-c2nn(-c3ccccc3)c(NC(=O)N[C@@H]3CCC[C@H]3c3ccccc3)c2C)cn(C)c1=O. The maximum Gasteiger partial charge on any atom is 0.320 e. The third-order valence-corrected chi connectivity index (χ3v) is 8.81. The number of aromatic nitrogens is 3. The van der Waals surface area contributed by atoms with E-state index in [1.54, 1.807) is 11.6 Å². The van der Waals surface area contributed by atoms with Crippen LogP contribution in [0.5, 0.6) is 0 Å². The first-order valence-electron chi connectivity index (χ1n) is 13.1. The number of hydrogen-bond donors (Lipinski definition) is 3. The van der Waals surface area contributed by atoms with Crippen molar-refractivity contribution in [2.45, 2.75) is 43.0 Å². The molecule has 40 heavy (non-hydrogen) atoms. The standard InChI is InChI=1S/C29H32N6O4S/c1-19-26(21-17-25(40(38,39)30-2)28(36)34(3)18-21)33-35(22-13-8-5-9-14-22)27(19)32-29(37)31-24-16-10-15-23(24)20-11-6-4-7-12-20/h4-9,11-14,17-18,23-24,30H,10,15-16H2,1-3H3,(H2,31,32,37)/t23-,24+/m0/s1. The number of sulfonamides is 1. The van der Waals surface area contributed by atoms with Crippen molar-refractivity contribution in [2.75, 3.05) is 12.4 Å². The molecule has 2 atom stereocenters. The van der Waals surface area contributed by atoms with Crippen LogP contribution in [0.25, 0.3) is 16.9 Å². The summed E-state index contributed by atoms with van der Waals surface area (Å²) in [4.78, 5) is 25.6. The van der Waals surface area contributed by atoms with Crippen LogP contribution >= 0.6 is 0 Å². The summed E-state index contributed by atoms with van der Waals surface area (Å²) < 4.78 is 30.2. The van der Waals surface area contributed by atoms with Gasteiger partial charge in [-0.1, -0.05) is 55.0 Å². The van der Waals surface area contributed by atoms with Gasteiger partial charge in [0.05, 0.1) is 11.4 Å². The molecule has 10 nitrogen and oxygen atoms in total. The van der Waals surface area contributed by atoms with Crippen LogP contribution < -0.4 is 20.9 Å². The quantitative estimate of drug-likeness (QED) is 0.316. The smallest absolute Gasteiger partial charge is 0.320 e. The Balaban J connectivity index is 1.52. The summed E-state index contributed by atoms with van der Waals surface area (Å²) in [5.41, 5.74) is 2.75. The van der Waals surface area contributed by atoms with E-state index in [9.17, 15) is 18.0 Å². The Morgan fingerprint density at radius 1 is 1.02 bits per heavy atom. The number of anilines is 1. The van der Waals surface area contributed by atoms with Gasteiger partial charge in [0.15, 0.2) is 0 Å². The third kappa shape index (κ3) is 5.30. The Kier molecular flexibility index (Phi) is 7.59. The van der Waals surface area contributed by atoms with E-state index < -0.39 is 15.6 Å². The lowest BCUT2D eigenvalue weighted by atomic mass is 9.94. The van der Waals surface area contributed by atoms with Crippen LogP contribution in [-0.2, 0) is 17.1 Å².